The first-order valence-corrected chi connectivity index (χ1v) is 8.11. The number of pyridine rings is 1. The lowest BCUT2D eigenvalue weighted by atomic mass is 9.92. The molecule has 120 valence electrons. The number of aliphatic hydroxyl groups excluding tert-OH is 1. The van der Waals surface area contributed by atoms with Crippen LogP contribution in [0.15, 0.2) is 40.7 Å². The van der Waals surface area contributed by atoms with Crippen molar-refractivity contribution >= 4 is 11.8 Å². The van der Waals surface area contributed by atoms with Gasteiger partial charge in [-0.3, -0.25) is 9.98 Å². The van der Waals surface area contributed by atoms with Gasteiger partial charge in [0.1, 0.15) is 11.4 Å². The van der Waals surface area contributed by atoms with E-state index in [1.165, 1.54) is 6.42 Å². The molecule has 1 aliphatic carbocycles. The van der Waals surface area contributed by atoms with E-state index >= 15 is 0 Å². The fraction of sp³-hybridized carbons (Fsp3) is 0.471. The van der Waals surface area contributed by atoms with Crippen molar-refractivity contribution in [2.24, 2.45) is 4.99 Å². The molecule has 0 radical (unpaired) electrons. The summed E-state index contributed by atoms with van der Waals surface area (Å²) in [6.07, 6.45) is 5.79. The molecule has 3 aliphatic rings. The highest BCUT2D eigenvalue weighted by Gasteiger charge is 2.41. The van der Waals surface area contributed by atoms with E-state index in [2.05, 4.69) is 15.3 Å². The Morgan fingerprint density at radius 3 is 2.96 bits per heavy atom. The SMILES string of the molecule is O=C1O[C@H](Cc2ccccn2)C(O)=C1C1=N[C@H]2CCCC[C@H]2N1. The maximum absolute atomic E-state index is 12.2. The Bertz CT molecular complexity index is 684. The van der Waals surface area contributed by atoms with Gasteiger partial charge in [-0.2, -0.15) is 0 Å². The standard InChI is InChI=1S/C17H19N3O3/c21-15-13(9-10-5-3-4-8-18-10)23-17(22)14(15)16-19-11-6-1-2-7-12(11)20-16/h3-5,8,11-13,21H,1-2,6-7,9H2,(H,19,20)/t11-,12+,13-/m1/s1. The van der Waals surface area contributed by atoms with Crippen LogP contribution < -0.4 is 5.32 Å². The minimum absolute atomic E-state index is 0.0365. The van der Waals surface area contributed by atoms with Crippen LogP contribution in [0, 0.1) is 0 Å². The molecule has 1 aromatic heterocycles. The zero-order valence-electron chi connectivity index (χ0n) is 12.7. The average Bonchev–Trinajstić information content (AvgIpc) is 3.09. The number of rotatable bonds is 3. The van der Waals surface area contributed by atoms with E-state index in [1.807, 2.05) is 18.2 Å². The third-order valence-electron chi connectivity index (χ3n) is 4.72. The van der Waals surface area contributed by atoms with Crippen LogP contribution in [0.3, 0.4) is 0 Å². The molecule has 6 nitrogen and oxygen atoms in total. The molecule has 4 rings (SSSR count). The molecule has 3 atom stereocenters. The largest absolute Gasteiger partial charge is 0.507 e. The Kier molecular flexibility index (Phi) is 3.52. The van der Waals surface area contributed by atoms with E-state index in [4.69, 9.17) is 4.74 Å². The van der Waals surface area contributed by atoms with Crippen molar-refractivity contribution in [3.63, 3.8) is 0 Å². The normalized spacial score (nSPS) is 29.8. The van der Waals surface area contributed by atoms with Gasteiger partial charge in [-0.1, -0.05) is 18.9 Å². The van der Waals surface area contributed by atoms with Gasteiger partial charge in [-0.05, 0) is 25.0 Å². The second-order valence-corrected chi connectivity index (χ2v) is 6.26. The molecule has 2 N–H and O–H groups in total. The van der Waals surface area contributed by atoms with Crippen molar-refractivity contribution in [3.05, 3.63) is 41.4 Å². The summed E-state index contributed by atoms with van der Waals surface area (Å²) in [6, 6.07) is 6.03. The number of amidine groups is 1. The number of nitrogens with one attached hydrogen (secondary N) is 1. The molecule has 0 bridgehead atoms. The predicted octanol–water partition coefficient (Wildman–Crippen LogP) is 1.67. The van der Waals surface area contributed by atoms with Crippen molar-refractivity contribution in [2.45, 2.75) is 50.3 Å². The van der Waals surface area contributed by atoms with Crippen LogP contribution in [0.25, 0.3) is 0 Å². The molecule has 0 saturated heterocycles. The molecule has 1 aromatic rings. The van der Waals surface area contributed by atoms with Gasteiger partial charge in [0.25, 0.3) is 0 Å². The van der Waals surface area contributed by atoms with E-state index in [0.717, 1.165) is 25.0 Å². The van der Waals surface area contributed by atoms with Gasteiger partial charge in [-0.25, -0.2) is 4.79 Å². The quantitative estimate of drug-likeness (QED) is 0.829. The summed E-state index contributed by atoms with van der Waals surface area (Å²) < 4.78 is 5.33. The van der Waals surface area contributed by atoms with Crippen LogP contribution in [-0.4, -0.2) is 40.1 Å². The fourth-order valence-corrected chi connectivity index (χ4v) is 3.52. The number of aromatic nitrogens is 1. The van der Waals surface area contributed by atoms with E-state index in [-0.39, 0.29) is 23.4 Å². The zero-order chi connectivity index (χ0) is 15.8. The van der Waals surface area contributed by atoms with Gasteiger partial charge >= 0.3 is 5.97 Å². The molecule has 0 amide bonds. The van der Waals surface area contributed by atoms with E-state index in [9.17, 15) is 9.90 Å². The topological polar surface area (TPSA) is 83.8 Å². The monoisotopic (exact) mass is 313 g/mol. The number of ether oxygens (including phenoxy) is 1. The molecule has 1 saturated carbocycles. The van der Waals surface area contributed by atoms with Crippen LogP contribution in [0.5, 0.6) is 0 Å². The van der Waals surface area contributed by atoms with Gasteiger partial charge in [0.2, 0.25) is 0 Å². The van der Waals surface area contributed by atoms with Crippen LogP contribution in [0.2, 0.25) is 0 Å². The van der Waals surface area contributed by atoms with Crippen molar-refractivity contribution in [2.75, 3.05) is 0 Å². The van der Waals surface area contributed by atoms with Crippen LogP contribution in [-0.2, 0) is 16.0 Å². The summed E-state index contributed by atoms with van der Waals surface area (Å²) in [7, 11) is 0. The second-order valence-electron chi connectivity index (χ2n) is 6.26. The highest BCUT2D eigenvalue weighted by molar-refractivity contribution is 6.21. The Morgan fingerprint density at radius 1 is 1.30 bits per heavy atom. The highest BCUT2D eigenvalue weighted by atomic mass is 16.6. The Balaban J connectivity index is 1.56. The molecule has 6 heteroatoms. The maximum Gasteiger partial charge on any atom is 0.346 e. The number of nitrogens with zero attached hydrogens (tertiary/aromatic N) is 2. The van der Waals surface area contributed by atoms with Gasteiger partial charge in [0.05, 0.1) is 6.04 Å². The molecule has 0 spiro atoms. The van der Waals surface area contributed by atoms with E-state index < -0.39 is 12.1 Å². The first kappa shape index (κ1) is 14.2. The summed E-state index contributed by atoms with van der Waals surface area (Å²) in [5.41, 5.74) is 0.966. The average molecular weight is 313 g/mol. The molecule has 2 aliphatic heterocycles. The van der Waals surface area contributed by atoms with Gasteiger partial charge in [0, 0.05) is 24.4 Å². The molecule has 3 heterocycles. The lowest BCUT2D eigenvalue weighted by Crippen LogP contribution is -2.37. The van der Waals surface area contributed by atoms with Gasteiger partial charge in [0.15, 0.2) is 11.9 Å². The highest BCUT2D eigenvalue weighted by Crippen LogP contribution is 2.30. The van der Waals surface area contributed by atoms with Gasteiger partial charge < -0.3 is 15.2 Å². The number of carbonyl (C=O) groups is 1. The van der Waals surface area contributed by atoms with E-state index in [1.54, 1.807) is 6.20 Å². The summed E-state index contributed by atoms with van der Waals surface area (Å²) >= 11 is 0. The predicted molar refractivity (Wildman–Crippen MR) is 84.1 cm³/mol. The summed E-state index contributed by atoms with van der Waals surface area (Å²) in [4.78, 5) is 21.0. The minimum atomic E-state index is -0.681. The maximum atomic E-state index is 12.2. The van der Waals surface area contributed by atoms with Crippen molar-refractivity contribution in [3.8, 4) is 0 Å². The van der Waals surface area contributed by atoms with E-state index in [0.29, 0.717) is 12.3 Å². The van der Waals surface area contributed by atoms with Crippen LogP contribution in [0.4, 0.5) is 0 Å². The van der Waals surface area contributed by atoms with Crippen LogP contribution in [0.1, 0.15) is 31.4 Å². The van der Waals surface area contributed by atoms with Crippen molar-refractivity contribution in [1.29, 1.82) is 0 Å². The van der Waals surface area contributed by atoms with Gasteiger partial charge in [-0.15, -0.1) is 0 Å². The second kappa shape index (κ2) is 5.68. The first-order valence-electron chi connectivity index (χ1n) is 8.11. The minimum Gasteiger partial charge on any atom is -0.507 e. The zero-order valence-corrected chi connectivity index (χ0v) is 12.7. The van der Waals surface area contributed by atoms with Crippen molar-refractivity contribution in [1.82, 2.24) is 10.3 Å². The number of carbonyl (C=O) groups excluding carboxylic acids is 1. The molecular formula is C17H19N3O3. The number of cyclic esters (lactones) is 1. The Labute approximate surface area is 134 Å². The summed E-state index contributed by atoms with van der Waals surface area (Å²) in [5, 5.41) is 13.8. The third-order valence-corrected chi connectivity index (χ3v) is 4.72. The van der Waals surface area contributed by atoms with Crippen molar-refractivity contribution < 1.29 is 14.6 Å². The molecule has 1 fully saturated rings. The number of fused-ring (bicyclic) bond motifs is 1. The summed E-state index contributed by atoms with van der Waals surface area (Å²) in [5.74, 6) is -0.0493. The third kappa shape index (κ3) is 2.58. The summed E-state index contributed by atoms with van der Waals surface area (Å²) in [6.45, 7) is 0. The molecule has 0 aromatic carbocycles. The first-order chi connectivity index (χ1) is 11.2. The molecular weight excluding hydrogens is 294 g/mol. The number of aliphatic imine (C=N–C) groups is 1. The molecule has 23 heavy (non-hydrogen) atoms. The van der Waals surface area contributed by atoms with Crippen LogP contribution >= 0.6 is 0 Å². The number of hydrogen-bond acceptors (Lipinski definition) is 6. The molecule has 0 unspecified atom stereocenters. The Hall–Kier alpha value is -2.37. The Morgan fingerprint density at radius 2 is 2.17 bits per heavy atom. The number of aliphatic hydroxyl groups is 1. The lowest BCUT2D eigenvalue weighted by Gasteiger charge is -2.23. The number of hydrogen-bond donors (Lipinski definition) is 2. The fourth-order valence-electron chi connectivity index (χ4n) is 3.52. The number of esters is 1. The lowest BCUT2D eigenvalue weighted by molar-refractivity contribution is -0.139. The smallest absolute Gasteiger partial charge is 0.346 e.